The second-order valence-corrected chi connectivity index (χ2v) is 20.4. The number of rotatable bonds is 25. The van der Waals surface area contributed by atoms with Gasteiger partial charge in [0, 0.05) is 19.6 Å². The van der Waals surface area contributed by atoms with Gasteiger partial charge in [0.1, 0.15) is 54.3 Å². The minimum Gasteiger partial charge on any atom is -0.508 e. The third kappa shape index (κ3) is 15.9. The molecule has 0 aliphatic carbocycles. The molecule has 3 aliphatic rings. The van der Waals surface area contributed by atoms with E-state index in [0.717, 1.165) is 0 Å². The molecule has 400 valence electrons. The molecular weight excluding hydrogens is 935 g/mol. The number of hydrogen-bond acceptors (Lipinski definition) is 13. The van der Waals surface area contributed by atoms with E-state index < -0.39 is 120 Å². The zero-order chi connectivity index (χ0) is 53.6. The summed E-state index contributed by atoms with van der Waals surface area (Å²) >= 11 is 0. The third-order valence-corrected chi connectivity index (χ3v) is 13.6. The van der Waals surface area contributed by atoms with Crippen molar-refractivity contribution in [1.82, 2.24) is 41.3 Å². The van der Waals surface area contributed by atoms with E-state index in [1.165, 1.54) is 33.8 Å². The monoisotopic (exact) mass is 1010 g/mol. The Hall–Kier alpha value is -6.16. The van der Waals surface area contributed by atoms with Crippen molar-refractivity contribution < 1.29 is 63.3 Å². The number of carbonyl (C=O) groups excluding carboxylic acids is 9. The summed E-state index contributed by atoms with van der Waals surface area (Å²) in [6, 6.07) is -4.56. The van der Waals surface area contributed by atoms with Crippen molar-refractivity contribution >= 4 is 59.5 Å². The highest BCUT2D eigenvalue weighted by Gasteiger charge is 2.45. The lowest BCUT2D eigenvalue weighted by molar-refractivity contribution is -0.147. The maximum atomic E-state index is 14.1. The van der Waals surface area contributed by atoms with Gasteiger partial charge in [0.2, 0.25) is 47.3 Å². The van der Waals surface area contributed by atoms with E-state index in [1.807, 2.05) is 13.8 Å². The quantitative estimate of drug-likeness (QED) is 0.0576. The van der Waals surface area contributed by atoms with Gasteiger partial charge in [0.05, 0.1) is 24.6 Å². The molecule has 10 N–H and O–H groups in total. The van der Waals surface area contributed by atoms with Gasteiger partial charge in [0.15, 0.2) is 0 Å². The number of benzene rings is 1. The van der Waals surface area contributed by atoms with Gasteiger partial charge in [-0.2, -0.15) is 0 Å². The lowest BCUT2D eigenvalue weighted by Gasteiger charge is -2.33. The molecule has 22 nitrogen and oxygen atoms in total. The number of aldehydes is 1. The van der Waals surface area contributed by atoms with Gasteiger partial charge < -0.3 is 67.1 Å². The Labute approximate surface area is 421 Å². The number of amides is 8. The lowest BCUT2D eigenvalue weighted by Crippen LogP contribution is -2.62. The van der Waals surface area contributed by atoms with Gasteiger partial charge >= 0.3 is 5.97 Å². The predicted molar refractivity (Wildman–Crippen MR) is 262 cm³/mol. The van der Waals surface area contributed by atoms with Gasteiger partial charge in [-0.15, -0.1) is 0 Å². The summed E-state index contributed by atoms with van der Waals surface area (Å²) in [5.74, 6) is -7.78. The molecule has 3 saturated heterocycles. The minimum atomic E-state index is -1.76. The molecule has 1 aromatic rings. The number of nitrogens with two attached hydrogens (primary N) is 1. The number of likely N-dealkylation sites (tertiary alicyclic amines) is 3. The van der Waals surface area contributed by atoms with E-state index in [1.54, 1.807) is 39.8 Å². The molecule has 0 unspecified atom stereocenters. The standard InChI is InChI=1S/C50H77N9O13/c1-8-29(6)41(47(69)56-42(30(7)61)50(72)58-20-10-12-37(58)45(67)52-32(26-60)24-31-15-17-33(62)18-16-31)55-44(66)36(25-40(63)64)53-43(65)35(23-28(4)5)54-46(68)38-13-9-19-57(38)49(71)39-14-11-21-59(39)48(70)34(51)22-27(2)3/h15-18,26-30,32,34-39,41-42,61-62H,8-14,19-25,51H2,1-7H3,(H,52,67)(H,53,65)(H,54,68)(H,55,66)(H,56,69)(H,63,64)/t29-,30+,32-,34-,35-,36-,37-,38-,39-,41-,42-/m0/s1. The summed E-state index contributed by atoms with van der Waals surface area (Å²) in [4.78, 5) is 139. The molecule has 0 saturated carbocycles. The van der Waals surface area contributed by atoms with E-state index in [4.69, 9.17) is 5.73 Å². The molecule has 11 atom stereocenters. The number of nitrogens with one attached hydrogen (secondary N) is 5. The first-order valence-corrected chi connectivity index (χ1v) is 25.3. The summed E-state index contributed by atoms with van der Waals surface area (Å²) < 4.78 is 0. The van der Waals surface area contributed by atoms with Crippen LogP contribution in [0.25, 0.3) is 0 Å². The molecule has 0 bridgehead atoms. The van der Waals surface area contributed by atoms with E-state index in [2.05, 4.69) is 26.6 Å². The average molecular weight is 1010 g/mol. The van der Waals surface area contributed by atoms with Crippen molar-refractivity contribution in [3.63, 3.8) is 0 Å². The molecule has 0 spiro atoms. The van der Waals surface area contributed by atoms with Gasteiger partial charge in [-0.3, -0.25) is 43.2 Å². The van der Waals surface area contributed by atoms with Crippen LogP contribution in [0.15, 0.2) is 24.3 Å². The topological polar surface area (TPSA) is 327 Å². The lowest BCUT2D eigenvalue weighted by atomic mass is 9.96. The molecule has 8 amide bonds. The first kappa shape index (κ1) is 58.4. The molecule has 0 aromatic heterocycles. The van der Waals surface area contributed by atoms with Crippen LogP contribution < -0.4 is 32.3 Å². The van der Waals surface area contributed by atoms with Gasteiger partial charge in [-0.25, -0.2) is 0 Å². The van der Waals surface area contributed by atoms with Crippen LogP contribution in [0, 0.1) is 17.8 Å². The first-order valence-electron chi connectivity index (χ1n) is 25.3. The average Bonchev–Trinajstić information content (AvgIpc) is 4.13. The molecule has 3 aliphatic heterocycles. The number of aliphatic hydroxyl groups is 1. The predicted octanol–water partition coefficient (Wildman–Crippen LogP) is -0.148. The third-order valence-electron chi connectivity index (χ3n) is 13.6. The SMILES string of the molecule is CC[C@H](C)[C@H](NC(=O)[C@H](CC(=O)O)NC(=O)[C@H](CC(C)C)NC(=O)[C@@H]1CCCN1C(=O)[C@@H]1CCCN1C(=O)[C@@H](N)CC(C)C)C(=O)N[C@H](C(=O)N1CCC[C@H]1C(=O)N[C@H](C=O)Cc1ccc(O)cc1)[C@@H](C)O. The van der Waals surface area contributed by atoms with Crippen molar-refractivity contribution in [3.8, 4) is 5.75 Å². The number of aromatic hydroxyl groups is 1. The van der Waals surface area contributed by atoms with Crippen molar-refractivity contribution in [1.29, 1.82) is 0 Å². The summed E-state index contributed by atoms with van der Waals surface area (Å²) in [5, 5.41) is 43.2. The summed E-state index contributed by atoms with van der Waals surface area (Å²) in [5.41, 5.74) is 6.87. The summed E-state index contributed by atoms with van der Waals surface area (Å²) in [7, 11) is 0. The Morgan fingerprint density at radius 1 is 0.667 bits per heavy atom. The van der Waals surface area contributed by atoms with Crippen molar-refractivity contribution in [2.75, 3.05) is 19.6 Å². The summed E-state index contributed by atoms with van der Waals surface area (Å²) in [6.07, 6.45) is 1.42. The fourth-order valence-electron chi connectivity index (χ4n) is 9.60. The van der Waals surface area contributed by atoms with E-state index in [9.17, 15) is 63.3 Å². The number of carbonyl (C=O) groups is 10. The number of phenols is 1. The smallest absolute Gasteiger partial charge is 0.305 e. The van der Waals surface area contributed by atoms with Gasteiger partial charge in [-0.1, -0.05) is 60.1 Å². The molecule has 3 heterocycles. The van der Waals surface area contributed by atoms with Crippen LogP contribution in [0.3, 0.4) is 0 Å². The highest BCUT2D eigenvalue weighted by molar-refractivity contribution is 5.99. The van der Waals surface area contributed by atoms with Crippen LogP contribution in [0.4, 0.5) is 0 Å². The number of aliphatic carboxylic acids is 1. The maximum absolute atomic E-state index is 14.1. The van der Waals surface area contributed by atoms with Crippen molar-refractivity contribution in [2.24, 2.45) is 23.5 Å². The number of carboxylic acids is 1. The fourth-order valence-corrected chi connectivity index (χ4v) is 9.60. The largest absolute Gasteiger partial charge is 0.508 e. The Morgan fingerprint density at radius 2 is 1.18 bits per heavy atom. The highest BCUT2D eigenvalue weighted by atomic mass is 16.4. The van der Waals surface area contributed by atoms with Crippen LogP contribution >= 0.6 is 0 Å². The van der Waals surface area contributed by atoms with Crippen LogP contribution in [0.2, 0.25) is 0 Å². The first-order chi connectivity index (χ1) is 34.0. The minimum absolute atomic E-state index is 0.0278. The maximum Gasteiger partial charge on any atom is 0.305 e. The normalized spacial score (nSPS) is 21.2. The Balaban J connectivity index is 1.46. The number of phenolic OH excluding ortho intramolecular Hbond substituents is 1. The zero-order valence-corrected chi connectivity index (χ0v) is 42.6. The van der Waals surface area contributed by atoms with Crippen molar-refractivity contribution in [3.05, 3.63) is 29.8 Å². The highest BCUT2D eigenvalue weighted by Crippen LogP contribution is 2.27. The molecule has 22 heteroatoms. The van der Waals surface area contributed by atoms with Crippen LogP contribution in [0.1, 0.15) is 118 Å². The van der Waals surface area contributed by atoms with Crippen LogP contribution in [0.5, 0.6) is 5.75 Å². The number of carboxylic acid groups (broad SMARTS) is 1. The van der Waals surface area contributed by atoms with Crippen LogP contribution in [-0.4, -0.2) is 170 Å². The number of nitrogens with zero attached hydrogens (tertiary/aromatic N) is 3. The number of hydrogen-bond donors (Lipinski definition) is 9. The summed E-state index contributed by atoms with van der Waals surface area (Å²) in [6.45, 7) is 12.8. The molecule has 3 fully saturated rings. The Morgan fingerprint density at radius 3 is 1.72 bits per heavy atom. The number of aliphatic hydroxyl groups excluding tert-OH is 1. The Kier molecular flexibility index (Phi) is 21.9. The molecule has 72 heavy (non-hydrogen) atoms. The van der Waals surface area contributed by atoms with E-state index >= 15 is 0 Å². The second kappa shape index (κ2) is 27.0. The molecular formula is C50H77N9O13. The molecule has 0 radical (unpaired) electrons. The van der Waals surface area contributed by atoms with Crippen molar-refractivity contribution in [2.45, 2.75) is 180 Å². The van der Waals surface area contributed by atoms with Gasteiger partial charge in [0.25, 0.3) is 0 Å². The zero-order valence-electron chi connectivity index (χ0n) is 42.6. The van der Waals surface area contributed by atoms with Crippen LogP contribution in [-0.2, 0) is 54.4 Å². The Bertz CT molecular complexity index is 2100. The second-order valence-electron chi connectivity index (χ2n) is 20.4. The molecule has 1 aromatic carbocycles. The molecule has 4 rings (SSSR count). The van der Waals surface area contributed by atoms with Gasteiger partial charge in [-0.05, 0) is 100 Å². The van der Waals surface area contributed by atoms with E-state index in [-0.39, 0.29) is 62.3 Å². The van der Waals surface area contributed by atoms with E-state index in [0.29, 0.717) is 56.9 Å². The fraction of sp³-hybridized carbons (Fsp3) is 0.680.